The third-order valence-electron chi connectivity index (χ3n) is 4.44. The quantitative estimate of drug-likeness (QED) is 0.857. The second-order valence-corrected chi connectivity index (χ2v) is 6.34. The number of nitrogens with zero attached hydrogens (tertiary/aromatic N) is 3. The van der Waals surface area contributed by atoms with E-state index in [2.05, 4.69) is 4.98 Å². The largest absolute Gasteiger partial charge is 0.375 e. The van der Waals surface area contributed by atoms with Crippen molar-refractivity contribution in [3.05, 3.63) is 40.4 Å². The molecule has 6 heteroatoms. The summed E-state index contributed by atoms with van der Waals surface area (Å²) in [6.45, 7) is 6.32. The predicted molar refractivity (Wildman–Crippen MR) is 92.0 cm³/mol. The number of hydrogen-bond acceptors (Lipinski definition) is 4. The van der Waals surface area contributed by atoms with Gasteiger partial charge in [-0.1, -0.05) is 12.1 Å². The first kappa shape index (κ1) is 16.6. The highest BCUT2D eigenvalue weighted by atomic mass is 16.5. The van der Waals surface area contributed by atoms with Crippen LogP contribution in [0.2, 0.25) is 0 Å². The van der Waals surface area contributed by atoms with E-state index in [9.17, 15) is 9.59 Å². The number of carbonyl (C=O) groups excluding carboxylic acids is 1. The first-order valence-electron chi connectivity index (χ1n) is 8.40. The highest BCUT2D eigenvalue weighted by Gasteiger charge is 2.20. The summed E-state index contributed by atoms with van der Waals surface area (Å²) in [7, 11) is 0. The molecule has 128 valence electrons. The van der Waals surface area contributed by atoms with Gasteiger partial charge in [-0.25, -0.2) is 4.98 Å². The SMILES string of the molecule is Cc1cccc2c(=O)n(CCCC(=O)N3CCOC(C)C3)cnc12. The average Bonchev–Trinajstić information content (AvgIpc) is 2.57. The number of rotatable bonds is 4. The number of hydrogen-bond donors (Lipinski definition) is 0. The number of amides is 1. The third kappa shape index (κ3) is 3.48. The molecule has 3 rings (SSSR count). The van der Waals surface area contributed by atoms with Crippen LogP contribution in [0.1, 0.15) is 25.3 Å². The summed E-state index contributed by atoms with van der Waals surface area (Å²) in [4.78, 5) is 31.0. The Hall–Kier alpha value is -2.21. The molecule has 0 N–H and O–H groups in total. The van der Waals surface area contributed by atoms with Crippen molar-refractivity contribution in [2.45, 2.75) is 39.3 Å². The molecule has 0 saturated carbocycles. The summed E-state index contributed by atoms with van der Waals surface area (Å²) in [6.07, 6.45) is 2.74. The number of ether oxygens (including phenoxy) is 1. The van der Waals surface area contributed by atoms with Gasteiger partial charge in [-0.2, -0.15) is 0 Å². The van der Waals surface area contributed by atoms with Crippen molar-refractivity contribution < 1.29 is 9.53 Å². The number of morpholine rings is 1. The van der Waals surface area contributed by atoms with Crippen LogP contribution in [0.5, 0.6) is 0 Å². The lowest BCUT2D eigenvalue weighted by Gasteiger charge is -2.31. The zero-order valence-corrected chi connectivity index (χ0v) is 14.2. The van der Waals surface area contributed by atoms with Crippen LogP contribution >= 0.6 is 0 Å². The van der Waals surface area contributed by atoms with Crippen molar-refractivity contribution in [1.82, 2.24) is 14.5 Å². The molecule has 6 nitrogen and oxygen atoms in total. The van der Waals surface area contributed by atoms with Gasteiger partial charge in [0.2, 0.25) is 5.91 Å². The monoisotopic (exact) mass is 329 g/mol. The standard InChI is InChI=1S/C18H23N3O3/c1-13-5-3-6-15-17(13)19-12-21(18(15)23)8-4-7-16(22)20-9-10-24-14(2)11-20/h3,5-6,12,14H,4,7-11H2,1-2H3. The molecule has 24 heavy (non-hydrogen) atoms. The molecule has 1 unspecified atom stereocenters. The van der Waals surface area contributed by atoms with Gasteiger partial charge in [-0.15, -0.1) is 0 Å². The van der Waals surface area contributed by atoms with E-state index in [1.54, 1.807) is 17.0 Å². The second-order valence-electron chi connectivity index (χ2n) is 6.34. The maximum Gasteiger partial charge on any atom is 0.261 e. The predicted octanol–water partition coefficient (Wildman–Crippen LogP) is 1.73. The lowest BCUT2D eigenvalue weighted by molar-refractivity contribution is -0.138. The third-order valence-corrected chi connectivity index (χ3v) is 4.44. The summed E-state index contributed by atoms with van der Waals surface area (Å²) in [5.74, 6) is 0.128. The summed E-state index contributed by atoms with van der Waals surface area (Å²) < 4.78 is 7.04. The molecule has 0 radical (unpaired) electrons. The molecule has 1 aliphatic heterocycles. The van der Waals surface area contributed by atoms with Crippen LogP contribution < -0.4 is 5.56 Å². The van der Waals surface area contributed by atoms with Gasteiger partial charge >= 0.3 is 0 Å². The Morgan fingerprint density at radius 2 is 2.25 bits per heavy atom. The second kappa shape index (κ2) is 7.13. The van der Waals surface area contributed by atoms with Crippen LogP contribution in [0.4, 0.5) is 0 Å². The van der Waals surface area contributed by atoms with Crippen LogP contribution in [0.15, 0.2) is 29.3 Å². The van der Waals surface area contributed by atoms with Crippen LogP contribution in [0.25, 0.3) is 10.9 Å². The minimum absolute atomic E-state index is 0.0452. The summed E-state index contributed by atoms with van der Waals surface area (Å²) >= 11 is 0. The van der Waals surface area contributed by atoms with E-state index in [0.29, 0.717) is 44.5 Å². The van der Waals surface area contributed by atoms with Gasteiger partial charge in [0, 0.05) is 26.1 Å². The minimum atomic E-state index is -0.0452. The smallest absolute Gasteiger partial charge is 0.261 e. The molecule has 2 heterocycles. The van der Waals surface area contributed by atoms with Gasteiger partial charge in [0.05, 0.1) is 29.9 Å². The van der Waals surface area contributed by atoms with E-state index in [1.807, 2.05) is 30.9 Å². The molecular weight excluding hydrogens is 306 g/mol. The van der Waals surface area contributed by atoms with Crippen LogP contribution in [-0.2, 0) is 16.1 Å². The molecule has 1 fully saturated rings. The van der Waals surface area contributed by atoms with Gasteiger partial charge in [0.1, 0.15) is 0 Å². The zero-order valence-electron chi connectivity index (χ0n) is 14.2. The minimum Gasteiger partial charge on any atom is -0.375 e. The van der Waals surface area contributed by atoms with E-state index in [1.165, 1.54) is 0 Å². The van der Waals surface area contributed by atoms with E-state index >= 15 is 0 Å². The Balaban J connectivity index is 1.63. The van der Waals surface area contributed by atoms with Crippen LogP contribution in [0.3, 0.4) is 0 Å². The summed E-state index contributed by atoms with van der Waals surface area (Å²) in [5, 5.41) is 0.630. The van der Waals surface area contributed by atoms with E-state index in [-0.39, 0.29) is 17.6 Å². The Labute approximate surface area is 141 Å². The van der Waals surface area contributed by atoms with Crippen molar-refractivity contribution in [1.29, 1.82) is 0 Å². The Bertz CT molecular complexity index is 800. The molecular formula is C18H23N3O3. The number of benzene rings is 1. The van der Waals surface area contributed by atoms with E-state index in [4.69, 9.17) is 4.74 Å². The fourth-order valence-electron chi connectivity index (χ4n) is 3.10. The lowest BCUT2D eigenvalue weighted by atomic mass is 10.1. The molecule has 0 bridgehead atoms. The van der Waals surface area contributed by atoms with Gasteiger partial charge in [-0.3, -0.25) is 14.2 Å². The van der Waals surface area contributed by atoms with Crippen molar-refractivity contribution in [2.75, 3.05) is 19.7 Å². The molecule has 1 amide bonds. The Morgan fingerprint density at radius 3 is 3.04 bits per heavy atom. The normalized spacial score (nSPS) is 18.1. The molecule has 2 aromatic rings. The zero-order chi connectivity index (χ0) is 17.1. The Kier molecular flexibility index (Phi) is 4.94. The van der Waals surface area contributed by atoms with Crippen molar-refractivity contribution in [3.63, 3.8) is 0 Å². The Morgan fingerprint density at radius 1 is 1.42 bits per heavy atom. The summed E-state index contributed by atoms with van der Waals surface area (Å²) in [5.41, 5.74) is 1.70. The fourth-order valence-corrected chi connectivity index (χ4v) is 3.10. The van der Waals surface area contributed by atoms with Gasteiger partial charge in [0.25, 0.3) is 5.56 Å². The lowest BCUT2D eigenvalue weighted by Crippen LogP contribution is -2.44. The molecule has 1 aliphatic rings. The van der Waals surface area contributed by atoms with E-state index < -0.39 is 0 Å². The maximum atomic E-state index is 12.5. The molecule has 1 atom stereocenters. The van der Waals surface area contributed by atoms with Crippen molar-refractivity contribution in [2.24, 2.45) is 0 Å². The summed E-state index contributed by atoms with van der Waals surface area (Å²) in [6, 6.07) is 5.61. The maximum absolute atomic E-state index is 12.5. The molecule has 1 aromatic carbocycles. The number of aryl methyl sites for hydroxylation is 2. The van der Waals surface area contributed by atoms with Crippen LogP contribution in [0, 0.1) is 6.92 Å². The molecule has 0 spiro atoms. The average molecular weight is 329 g/mol. The van der Waals surface area contributed by atoms with Crippen molar-refractivity contribution >= 4 is 16.8 Å². The highest BCUT2D eigenvalue weighted by molar-refractivity contribution is 5.80. The number of carbonyl (C=O) groups is 1. The topological polar surface area (TPSA) is 64.4 Å². The number of para-hydroxylation sites is 1. The highest BCUT2D eigenvalue weighted by Crippen LogP contribution is 2.12. The number of fused-ring (bicyclic) bond motifs is 1. The molecule has 1 saturated heterocycles. The fraction of sp³-hybridized carbons (Fsp3) is 0.500. The van der Waals surface area contributed by atoms with Crippen LogP contribution in [-0.4, -0.2) is 46.2 Å². The first-order chi connectivity index (χ1) is 11.6. The number of aromatic nitrogens is 2. The van der Waals surface area contributed by atoms with Gasteiger partial charge < -0.3 is 9.64 Å². The van der Waals surface area contributed by atoms with Gasteiger partial charge in [0.15, 0.2) is 0 Å². The van der Waals surface area contributed by atoms with Crippen molar-refractivity contribution in [3.8, 4) is 0 Å². The molecule has 1 aromatic heterocycles. The van der Waals surface area contributed by atoms with E-state index in [0.717, 1.165) is 11.1 Å². The van der Waals surface area contributed by atoms with Gasteiger partial charge in [-0.05, 0) is 31.9 Å². The first-order valence-corrected chi connectivity index (χ1v) is 8.40. The molecule has 0 aliphatic carbocycles.